The van der Waals surface area contributed by atoms with E-state index in [-0.39, 0.29) is 24.3 Å². The number of piperazine rings is 1. The zero-order chi connectivity index (χ0) is 24.1. The summed E-state index contributed by atoms with van der Waals surface area (Å²) in [6.45, 7) is 12.7. The molecule has 3 rings (SSSR count). The van der Waals surface area contributed by atoms with Crippen LogP contribution in [0.1, 0.15) is 44.7 Å². The number of hydrogen-bond acceptors (Lipinski definition) is 4. The molecule has 0 radical (unpaired) electrons. The zero-order valence-electron chi connectivity index (χ0n) is 20.2. The van der Waals surface area contributed by atoms with Gasteiger partial charge in [0, 0.05) is 37.1 Å². The Labute approximate surface area is 201 Å². The van der Waals surface area contributed by atoms with Crippen molar-refractivity contribution in [2.45, 2.75) is 40.5 Å². The SMILES string of the molecule is Cc1ccc(C(C)C)c(OCC(=O)Nc2cc(Cl)ccc2N2CCN(C(=O)C(C)C)CC2)c1. The Morgan fingerprint density at radius 3 is 2.36 bits per heavy atom. The number of nitrogens with one attached hydrogen (secondary N) is 1. The highest BCUT2D eigenvalue weighted by atomic mass is 35.5. The molecular weight excluding hydrogens is 438 g/mol. The van der Waals surface area contributed by atoms with E-state index >= 15 is 0 Å². The topological polar surface area (TPSA) is 61.9 Å². The number of benzene rings is 2. The minimum absolute atomic E-state index is 0.00783. The molecule has 2 aromatic carbocycles. The summed E-state index contributed by atoms with van der Waals surface area (Å²) in [5.41, 5.74) is 3.70. The number of nitrogens with zero attached hydrogens (tertiary/aromatic N) is 2. The standard InChI is InChI=1S/C26H34ClN3O3/c1-17(2)21-8-6-19(5)14-24(21)33-16-25(31)28-22-15-20(27)7-9-23(22)29-10-12-30(13-11-29)26(32)18(3)4/h6-9,14-15,17-18H,10-13,16H2,1-5H3,(H,28,31). The monoisotopic (exact) mass is 471 g/mol. The van der Waals surface area contributed by atoms with E-state index in [0.717, 1.165) is 22.6 Å². The Hall–Kier alpha value is -2.73. The first kappa shape index (κ1) is 24.9. The zero-order valence-corrected chi connectivity index (χ0v) is 20.9. The number of anilines is 2. The van der Waals surface area contributed by atoms with E-state index in [4.69, 9.17) is 16.3 Å². The Balaban J connectivity index is 1.67. The predicted molar refractivity (Wildman–Crippen MR) is 134 cm³/mol. The summed E-state index contributed by atoms with van der Waals surface area (Å²) in [7, 11) is 0. The Kier molecular flexibility index (Phi) is 8.25. The van der Waals surface area contributed by atoms with Gasteiger partial charge < -0.3 is 19.9 Å². The third kappa shape index (κ3) is 6.41. The molecule has 1 saturated heterocycles. The number of aryl methyl sites for hydroxylation is 1. The van der Waals surface area contributed by atoms with Crippen LogP contribution in [-0.4, -0.2) is 49.5 Å². The van der Waals surface area contributed by atoms with Crippen molar-refractivity contribution in [2.75, 3.05) is 43.0 Å². The lowest BCUT2D eigenvalue weighted by atomic mass is 10.0. The molecule has 1 fully saturated rings. The average Bonchev–Trinajstić information content (AvgIpc) is 2.77. The fourth-order valence-electron chi connectivity index (χ4n) is 3.99. The largest absolute Gasteiger partial charge is 0.483 e. The number of ether oxygens (including phenoxy) is 1. The number of hydrogen-bond donors (Lipinski definition) is 1. The van der Waals surface area contributed by atoms with Crippen molar-refractivity contribution < 1.29 is 14.3 Å². The second-order valence-electron chi connectivity index (χ2n) is 9.16. The van der Waals surface area contributed by atoms with Crippen LogP contribution in [0.25, 0.3) is 0 Å². The fourth-order valence-corrected chi connectivity index (χ4v) is 4.16. The maximum absolute atomic E-state index is 12.8. The molecule has 2 amide bonds. The maximum atomic E-state index is 12.8. The molecular formula is C26H34ClN3O3. The second kappa shape index (κ2) is 10.9. The van der Waals surface area contributed by atoms with Gasteiger partial charge >= 0.3 is 0 Å². The molecule has 1 aliphatic heterocycles. The van der Waals surface area contributed by atoms with Crippen molar-refractivity contribution in [3.63, 3.8) is 0 Å². The van der Waals surface area contributed by atoms with Crippen molar-refractivity contribution in [1.82, 2.24) is 4.90 Å². The van der Waals surface area contributed by atoms with E-state index < -0.39 is 0 Å². The van der Waals surface area contributed by atoms with Crippen LogP contribution in [0.2, 0.25) is 5.02 Å². The van der Waals surface area contributed by atoms with Crippen molar-refractivity contribution in [2.24, 2.45) is 5.92 Å². The molecule has 6 nitrogen and oxygen atoms in total. The van der Waals surface area contributed by atoms with Crippen LogP contribution >= 0.6 is 11.6 Å². The number of carbonyl (C=O) groups excluding carboxylic acids is 2. The van der Waals surface area contributed by atoms with Gasteiger partial charge in [0.1, 0.15) is 5.75 Å². The highest BCUT2D eigenvalue weighted by Crippen LogP contribution is 2.31. The van der Waals surface area contributed by atoms with E-state index in [9.17, 15) is 9.59 Å². The van der Waals surface area contributed by atoms with Gasteiger partial charge in [-0.15, -0.1) is 0 Å². The highest BCUT2D eigenvalue weighted by Gasteiger charge is 2.24. The lowest BCUT2D eigenvalue weighted by molar-refractivity contribution is -0.134. The van der Waals surface area contributed by atoms with Crippen molar-refractivity contribution >= 4 is 34.8 Å². The van der Waals surface area contributed by atoms with Gasteiger partial charge in [-0.3, -0.25) is 9.59 Å². The molecule has 2 aromatic rings. The van der Waals surface area contributed by atoms with Crippen LogP contribution in [0.4, 0.5) is 11.4 Å². The van der Waals surface area contributed by atoms with Crippen LogP contribution in [0.5, 0.6) is 5.75 Å². The Morgan fingerprint density at radius 1 is 1.03 bits per heavy atom. The quantitative estimate of drug-likeness (QED) is 0.610. The number of rotatable bonds is 7. The first-order valence-corrected chi connectivity index (χ1v) is 11.9. The number of carbonyl (C=O) groups is 2. The fraction of sp³-hybridized carbons (Fsp3) is 0.462. The Morgan fingerprint density at radius 2 is 1.73 bits per heavy atom. The van der Waals surface area contributed by atoms with E-state index in [0.29, 0.717) is 42.8 Å². The summed E-state index contributed by atoms with van der Waals surface area (Å²) in [6, 6.07) is 11.5. The highest BCUT2D eigenvalue weighted by molar-refractivity contribution is 6.31. The molecule has 0 saturated carbocycles. The molecule has 33 heavy (non-hydrogen) atoms. The molecule has 0 bridgehead atoms. The lowest BCUT2D eigenvalue weighted by Gasteiger charge is -2.37. The van der Waals surface area contributed by atoms with Crippen molar-refractivity contribution in [1.29, 1.82) is 0 Å². The molecule has 1 N–H and O–H groups in total. The first-order chi connectivity index (χ1) is 15.7. The van der Waals surface area contributed by atoms with Crippen molar-refractivity contribution in [3.8, 4) is 5.75 Å². The van der Waals surface area contributed by atoms with Gasteiger partial charge in [0.05, 0.1) is 11.4 Å². The smallest absolute Gasteiger partial charge is 0.262 e. The summed E-state index contributed by atoms with van der Waals surface area (Å²) in [6.07, 6.45) is 0. The molecule has 7 heteroatoms. The van der Waals surface area contributed by atoms with Gasteiger partial charge in [-0.05, 0) is 48.2 Å². The van der Waals surface area contributed by atoms with Gasteiger partial charge in [0.2, 0.25) is 5.91 Å². The van der Waals surface area contributed by atoms with Crippen molar-refractivity contribution in [3.05, 3.63) is 52.5 Å². The summed E-state index contributed by atoms with van der Waals surface area (Å²) in [5, 5.41) is 3.51. The van der Waals surface area contributed by atoms with E-state index in [1.165, 1.54) is 0 Å². The van der Waals surface area contributed by atoms with E-state index in [1.807, 2.05) is 49.9 Å². The number of halogens is 1. The first-order valence-electron chi connectivity index (χ1n) is 11.5. The van der Waals surface area contributed by atoms with Gasteiger partial charge in [-0.1, -0.05) is 51.4 Å². The summed E-state index contributed by atoms with van der Waals surface area (Å²) < 4.78 is 5.89. The van der Waals surface area contributed by atoms with Gasteiger partial charge in [0.25, 0.3) is 5.91 Å². The molecule has 0 aliphatic carbocycles. The third-order valence-corrected chi connectivity index (χ3v) is 6.04. The Bertz CT molecular complexity index is 998. The summed E-state index contributed by atoms with van der Waals surface area (Å²) in [4.78, 5) is 29.1. The third-order valence-electron chi connectivity index (χ3n) is 5.81. The summed E-state index contributed by atoms with van der Waals surface area (Å²) in [5.74, 6) is 0.949. The summed E-state index contributed by atoms with van der Waals surface area (Å²) >= 11 is 6.23. The minimum Gasteiger partial charge on any atom is -0.483 e. The average molecular weight is 472 g/mol. The molecule has 1 aliphatic rings. The van der Waals surface area contributed by atoms with Crippen LogP contribution in [0.15, 0.2) is 36.4 Å². The van der Waals surface area contributed by atoms with Crippen LogP contribution in [-0.2, 0) is 9.59 Å². The molecule has 0 unspecified atom stereocenters. The van der Waals surface area contributed by atoms with Gasteiger partial charge in [0.15, 0.2) is 6.61 Å². The van der Waals surface area contributed by atoms with Crippen LogP contribution < -0.4 is 15.0 Å². The van der Waals surface area contributed by atoms with E-state index in [1.54, 1.807) is 6.07 Å². The molecule has 0 aromatic heterocycles. The molecule has 0 atom stereocenters. The van der Waals surface area contributed by atoms with E-state index in [2.05, 4.69) is 30.1 Å². The van der Waals surface area contributed by atoms with Crippen LogP contribution in [0.3, 0.4) is 0 Å². The van der Waals surface area contributed by atoms with Gasteiger partial charge in [-0.25, -0.2) is 0 Å². The second-order valence-corrected chi connectivity index (χ2v) is 9.60. The minimum atomic E-state index is -0.247. The molecule has 178 valence electrons. The molecule has 0 spiro atoms. The molecule has 1 heterocycles. The maximum Gasteiger partial charge on any atom is 0.262 e. The predicted octanol–water partition coefficient (Wildman–Crippen LogP) is 5.09. The number of amides is 2. The lowest BCUT2D eigenvalue weighted by Crippen LogP contribution is -2.50. The van der Waals surface area contributed by atoms with Gasteiger partial charge in [-0.2, -0.15) is 0 Å². The van der Waals surface area contributed by atoms with Crippen LogP contribution in [0, 0.1) is 12.8 Å². The normalized spacial score (nSPS) is 14.1.